The normalized spacial score (nSPS) is 12.4. The Morgan fingerprint density at radius 1 is 0.923 bits per heavy atom. The predicted octanol–water partition coefficient (Wildman–Crippen LogP) is 5.88. The third kappa shape index (κ3) is 5.84. The summed E-state index contributed by atoms with van der Waals surface area (Å²) < 4.78 is 23.7. The van der Waals surface area contributed by atoms with Crippen LogP contribution in [0, 0.1) is 0 Å². The number of allylic oxidation sites excluding steroid dienone is 1. The molecule has 0 unspecified atom stereocenters. The minimum Gasteiger partial charge on any atom is -0.377 e. The van der Waals surface area contributed by atoms with E-state index in [2.05, 4.69) is 29.6 Å². The van der Waals surface area contributed by atoms with Crippen LogP contribution in [-0.4, -0.2) is 13.2 Å². The second-order valence-corrected chi connectivity index (χ2v) is 7.64. The van der Waals surface area contributed by atoms with Gasteiger partial charge in [-0.15, -0.1) is 0 Å². The van der Waals surface area contributed by atoms with Crippen molar-refractivity contribution in [3.63, 3.8) is 0 Å². The maximum absolute atomic E-state index is 12.9. The van der Waals surface area contributed by atoms with Crippen LogP contribution in [0.25, 0.3) is 0 Å². The molecule has 2 aromatic rings. The Morgan fingerprint density at radius 2 is 1.38 bits per heavy atom. The van der Waals surface area contributed by atoms with Gasteiger partial charge in [-0.3, -0.25) is 4.57 Å². The van der Waals surface area contributed by atoms with Crippen molar-refractivity contribution in [2.45, 2.75) is 33.2 Å². The second kappa shape index (κ2) is 10.3. The Kier molecular flexibility index (Phi) is 8.11. The monoisotopic (exact) mass is 373 g/mol. The third-order valence-corrected chi connectivity index (χ3v) is 5.77. The Morgan fingerprint density at radius 3 is 1.77 bits per heavy atom. The summed E-state index contributed by atoms with van der Waals surface area (Å²) >= 11 is 0. The van der Waals surface area contributed by atoms with E-state index in [4.69, 9.17) is 9.05 Å². The molecule has 5 heteroatoms. The summed E-state index contributed by atoms with van der Waals surface area (Å²) in [6, 6.07) is 20.4. The summed E-state index contributed by atoms with van der Waals surface area (Å²) in [7, 11) is -3.26. The molecule has 0 saturated carbocycles. The van der Waals surface area contributed by atoms with Crippen LogP contribution in [0.5, 0.6) is 0 Å². The van der Waals surface area contributed by atoms with Gasteiger partial charge in [-0.1, -0.05) is 67.6 Å². The molecule has 0 amide bonds. The molecular weight excluding hydrogens is 345 g/mol. The van der Waals surface area contributed by atoms with Gasteiger partial charge >= 0.3 is 7.60 Å². The highest BCUT2D eigenvalue weighted by atomic mass is 31.2. The first-order chi connectivity index (χ1) is 12.6. The molecule has 0 atom stereocenters. The van der Waals surface area contributed by atoms with E-state index in [1.54, 1.807) is 5.82 Å². The molecule has 0 radical (unpaired) electrons. The number of benzene rings is 2. The summed E-state index contributed by atoms with van der Waals surface area (Å²) in [5.41, 5.74) is 3.12. The number of nitrogens with one attached hydrogen (secondary N) is 1. The molecule has 0 aliphatic carbocycles. The average Bonchev–Trinajstić information content (AvgIpc) is 2.67. The fraction of sp³-hybridized carbons (Fsp3) is 0.333. The van der Waals surface area contributed by atoms with E-state index in [0.29, 0.717) is 19.6 Å². The van der Waals surface area contributed by atoms with Crippen molar-refractivity contribution in [3.8, 4) is 0 Å². The largest absolute Gasteiger partial charge is 0.377 e. The van der Waals surface area contributed by atoms with E-state index in [1.165, 1.54) is 0 Å². The zero-order chi connectivity index (χ0) is 18.8. The lowest BCUT2D eigenvalue weighted by Crippen LogP contribution is -2.22. The molecule has 0 fully saturated rings. The van der Waals surface area contributed by atoms with Crippen molar-refractivity contribution in [2.24, 2.45) is 0 Å². The molecule has 4 nitrogen and oxygen atoms in total. The van der Waals surface area contributed by atoms with E-state index in [9.17, 15) is 4.57 Å². The van der Waals surface area contributed by atoms with E-state index in [0.717, 1.165) is 16.8 Å². The first-order valence-electron chi connectivity index (χ1n) is 9.08. The highest BCUT2D eigenvalue weighted by Gasteiger charge is 2.22. The first kappa shape index (κ1) is 20.4. The van der Waals surface area contributed by atoms with Gasteiger partial charge in [-0.2, -0.15) is 0 Å². The Hall–Kier alpha value is -1.87. The lowest BCUT2D eigenvalue weighted by atomic mass is 9.98. The van der Waals surface area contributed by atoms with Gasteiger partial charge in [-0.05, 0) is 31.4 Å². The van der Waals surface area contributed by atoms with Crippen LogP contribution in [-0.2, 0) is 13.6 Å². The molecular formula is C21H28NO3P. The Bertz CT molecular complexity index is 682. The van der Waals surface area contributed by atoms with Crippen LogP contribution >= 0.6 is 7.60 Å². The van der Waals surface area contributed by atoms with Crippen LogP contribution in [0.4, 0.5) is 0 Å². The van der Waals surface area contributed by atoms with Crippen LogP contribution in [0.15, 0.2) is 72.2 Å². The van der Waals surface area contributed by atoms with Gasteiger partial charge in [0.2, 0.25) is 0 Å². The Balaban J connectivity index is 2.36. The van der Waals surface area contributed by atoms with E-state index >= 15 is 0 Å². The molecule has 2 rings (SSSR count). The highest BCUT2D eigenvalue weighted by Crippen LogP contribution is 2.50. The van der Waals surface area contributed by atoms with Crippen molar-refractivity contribution in [1.29, 1.82) is 0 Å². The standard InChI is InChI=1S/C21H28NO3P/c1-4-20(17-26(23,24-5-2)25-6-3)22-21(18-13-9-7-10-14-18)19-15-11-8-12-16-19/h7-17,21-22H,4-6H2,1-3H3/b20-17+. The molecule has 0 aliphatic rings. The number of hydrogen-bond donors (Lipinski definition) is 1. The molecule has 2 aromatic carbocycles. The summed E-state index contributed by atoms with van der Waals surface area (Å²) in [5.74, 6) is 1.62. The minimum absolute atomic E-state index is 0.0414. The van der Waals surface area contributed by atoms with Gasteiger partial charge in [0.25, 0.3) is 0 Å². The molecule has 0 saturated heterocycles. The van der Waals surface area contributed by atoms with E-state index in [1.807, 2.05) is 57.2 Å². The molecule has 0 aromatic heterocycles. The second-order valence-electron chi connectivity index (χ2n) is 5.78. The molecule has 1 N–H and O–H groups in total. The predicted molar refractivity (Wildman–Crippen MR) is 107 cm³/mol. The number of rotatable bonds is 10. The van der Waals surface area contributed by atoms with Gasteiger partial charge in [0.1, 0.15) is 0 Å². The van der Waals surface area contributed by atoms with Gasteiger partial charge < -0.3 is 14.4 Å². The summed E-state index contributed by atoms with van der Waals surface area (Å²) in [6.07, 6.45) is 0.695. The lowest BCUT2D eigenvalue weighted by molar-refractivity contribution is 0.228. The lowest BCUT2D eigenvalue weighted by Gasteiger charge is -2.24. The maximum atomic E-state index is 12.9. The molecule has 0 aliphatic heterocycles. The summed E-state index contributed by atoms with van der Waals surface area (Å²) in [5, 5.41) is 3.54. The van der Waals surface area contributed by atoms with Crippen molar-refractivity contribution in [3.05, 3.63) is 83.3 Å². The van der Waals surface area contributed by atoms with E-state index in [-0.39, 0.29) is 6.04 Å². The fourth-order valence-electron chi connectivity index (χ4n) is 2.73. The van der Waals surface area contributed by atoms with Crippen molar-refractivity contribution >= 4 is 7.60 Å². The zero-order valence-corrected chi connectivity index (χ0v) is 16.6. The zero-order valence-electron chi connectivity index (χ0n) is 15.7. The average molecular weight is 373 g/mol. The topological polar surface area (TPSA) is 47.6 Å². The first-order valence-corrected chi connectivity index (χ1v) is 10.7. The van der Waals surface area contributed by atoms with Gasteiger partial charge in [0.15, 0.2) is 0 Å². The molecule has 140 valence electrons. The third-order valence-electron chi connectivity index (χ3n) is 3.91. The SMILES string of the molecule is CCOP(=O)(/C=C(\CC)NC(c1ccccc1)c1ccccc1)OCC. The quantitative estimate of drug-likeness (QED) is 0.528. The number of hydrogen-bond acceptors (Lipinski definition) is 4. The molecule has 0 heterocycles. The van der Waals surface area contributed by atoms with E-state index < -0.39 is 7.60 Å². The molecule has 0 bridgehead atoms. The van der Waals surface area contributed by atoms with Crippen LogP contribution in [0.2, 0.25) is 0 Å². The maximum Gasteiger partial charge on any atom is 0.355 e. The van der Waals surface area contributed by atoms with Crippen LogP contribution in [0.1, 0.15) is 44.4 Å². The molecule has 26 heavy (non-hydrogen) atoms. The summed E-state index contributed by atoms with van der Waals surface area (Å²) in [6.45, 7) is 6.33. The van der Waals surface area contributed by atoms with Crippen LogP contribution in [0.3, 0.4) is 0 Å². The van der Waals surface area contributed by atoms with Gasteiger partial charge in [0.05, 0.1) is 19.3 Å². The van der Waals surface area contributed by atoms with Gasteiger partial charge in [0, 0.05) is 11.5 Å². The molecule has 0 spiro atoms. The highest BCUT2D eigenvalue weighted by molar-refractivity contribution is 7.57. The summed E-state index contributed by atoms with van der Waals surface area (Å²) in [4.78, 5) is 0. The Labute approximate surface area is 156 Å². The fourth-order valence-corrected chi connectivity index (χ4v) is 4.31. The van der Waals surface area contributed by atoms with Crippen LogP contribution < -0.4 is 5.32 Å². The van der Waals surface area contributed by atoms with Crippen molar-refractivity contribution in [1.82, 2.24) is 5.32 Å². The van der Waals surface area contributed by atoms with Crippen molar-refractivity contribution < 1.29 is 13.6 Å². The van der Waals surface area contributed by atoms with Crippen molar-refractivity contribution in [2.75, 3.05) is 13.2 Å². The van der Waals surface area contributed by atoms with Gasteiger partial charge in [-0.25, -0.2) is 0 Å². The minimum atomic E-state index is -3.26. The smallest absolute Gasteiger partial charge is 0.355 e.